The van der Waals surface area contributed by atoms with Crippen molar-refractivity contribution in [2.75, 3.05) is 12.3 Å². The number of hydrogen-bond acceptors (Lipinski definition) is 6. The van der Waals surface area contributed by atoms with Crippen molar-refractivity contribution in [3.8, 4) is 0 Å². The summed E-state index contributed by atoms with van der Waals surface area (Å²) in [5.41, 5.74) is 22.6. The zero-order chi connectivity index (χ0) is 25.3. The topological polar surface area (TPSA) is 209 Å². The molecule has 2 amide bonds. The van der Waals surface area contributed by atoms with Crippen molar-refractivity contribution in [3.05, 3.63) is 59.1 Å². The van der Waals surface area contributed by atoms with Crippen LogP contribution in [-0.2, 0) is 26.0 Å². The molecule has 2 aromatic carbocycles. The molecule has 10 N–H and O–H groups in total. The standard InChI is InChI=1S/C21H28ClN7O4S/c22-15-9-8-14(12-16(15)23)34(32,33)29-17(7-4-10-27-21(25)26)20(31)28-18(19(24)30)11-13-5-2-1-3-6-13/h1-3,5-6,8-9,12,17-18,29H,4,7,10-11,23H2,(H2,24,30)(H,28,31)(H4,25,26,27)/t17?,18-/m0/s1. The number of nitrogen functional groups attached to an aromatic ring is 1. The molecule has 11 nitrogen and oxygen atoms in total. The number of benzene rings is 2. The van der Waals surface area contributed by atoms with Crippen LogP contribution >= 0.6 is 11.6 Å². The van der Waals surface area contributed by atoms with Gasteiger partial charge in [-0.05, 0) is 36.6 Å². The molecule has 0 spiro atoms. The van der Waals surface area contributed by atoms with E-state index in [2.05, 4.69) is 15.0 Å². The molecule has 0 bridgehead atoms. The second-order valence-electron chi connectivity index (χ2n) is 7.46. The van der Waals surface area contributed by atoms with Crippen LogP contribution in [0.2, 0.25) is 5.02 Å². The summed E-state index contributed by atoms with van der Waals surface area (Å²) in [6.45, 7) is 0.172. The summed E-state index contributed by atoms with van der Waals surface area (Å²) in [7, 11) is -4.16. The van der Waals surface area contributed by atoms with E-state index < -0.39 is 33.9 Å². The Labute approximate surface area is 203 Å². The van der Waals surface area contributed by atoms with Gasteiger partial charge in [-0.2, -0.15) is 4.72 Å². The van der Waals surface area contributed by atoms with E-state index in [0.717, 1.165) is 5.56 Å². The van der Waals surface area contributed by atoms with Crippen LogP contribution < -0.4 is 33.0 Å². The first-order chi connectivity index (χ1) is 16.0. The lowest BCUT2D eigenvalue weighted by molar-refractivity contribution is -0.128. The number of anilines is 1. The van der Waals surface area contributed by atoms with Crippen LogP contribution in [0, 0.1) is 0 Å². The minimum Gasteiger partial charge on any atom is -0.397 e. The van der Waals surface area contributed by atoms with Gasteiger partial charge in [-0.1, -0.05) is 41.9 Å². The van der Waals surface area contributed by atoms with Crippen molar-refractivity contribution in [3.63, 3.8) is 0 Å². The fourth-order valence-corrected chi connectivity index (χ4v) is 4.42. The third-order valence-electron chi connectivity index (χ3n) is 4.78. The molecule has 0 saturated heterocycles. The van der Waals surface area contributed by atoms with E-state index in [1.54, 1.807) is 24.3 Å². The number of amides is 2. The van der Waals surface area contributed by atoms with Gasteiger partial charge < -0.3 is 28.3 Å². The average molecular weight is 510 g/mol. The molecule has 0 aromatic heterocycles. The molecule has 0 aliphatic rings. The van der Waals surface area contributed by atoms with Gasteiger partial charge in [-0.25, -0.2) is 8.42 Å². The first kappa shape index (κ1) is 26.9. The zero-order valence-corrected chi connectivity index (χ0v) is 19.9. The third kappa shape index (κ3) is 8.21. The Balaban J connectivity index is 2.23. The van der Waals surface area contributed by atoms with Crippen LogP contribution in [-0.4, -0.2) is 44.8 Å². The van der Waals surface area contributed by atoms with Crippen LogP contribution in [0.15, 0.2) is 58.4 Å². The number of nitrogens with two attached hydrogens (primary N) is 4. The highest BCUT2D eigenvalue weighted by molar-refractivity contribution is 7.89. The smallest absolute Gasteiger partial charge is 0.241 e. The second kappa shape index (κ2) is 12.2. The van der Waals surface area contributed by atoms with Gasteiger partial charge in [-0.15, -0.1) is 0 Å². The van der Waals surface area contributed by atoms with Crippen molar-refractivity contribution in [2.24, 2.45) is 22.2 Å². The Morgan fingerprint density at radius 3 is 2.29 bits per heavy atom. The Morgan fingerprint density at radius 1 is 1.03 bits per heavy atom. The van der Waals surface area contributed by atoms with E-state index in [1.807, 2.05) is 6.07 Å². The Morgan fingerprint density at radius 2 is 1.71 bits per heavy atom. The highest BCUT2D eigenvalue weighted by atomic mass is 35.5. The van der Waals surface area contributed by atoms with E-state index in [-0.39, 0.29) is 47.4 Å². The number of guanidine groups is 1. The number of nitrogens with zero attached hydrogens (tertiary/aromatic N) is 1. The quantitative estimate of drug-likeness (QED) is 0.0983. The van der Waals surface area contributed by atoms with Crippen molar-refractivity contribution in [1.29, 1.82) is 0 Å². The summed E-state index contributed by atoms with van der Waals surface area (Å²) in [4.78, 5) is 28.7. The maximum Gasteiger partial charge on any atom is 0.241 e. The van der Waals surface area contributed by atoms with E-state index in [0.29, 0.717) is 0 Å². The number of sulfonamides is 1. The predicted octanol–water partition coefficient (Wildman–Crippen LogP) is -0.164. The van der Waals surface area contributed by atoms with Crippen molar-refractivity contribution in [2.45, 2.75) is 36.2 Å². The molecule has 2 rings (SSSR count). The van der Waals surface area contributed by atoms with Gasteiger partial charge in [0.2, 0.25) is 21.8 Å². The molecule has 2 aromatic rings. The molecule has 184 valence electrons. The van der Waals surface area contributed by atoms with Gasteiger partial charge >= 0.3 is 0 Å². The van der Waals surface area contributed by atoms with Crippen molar-refractivity contribution in [1.82, 2.24) is 10.0 Å². The zero-order valence-electron chi connectivity index (χ0n) is 18.3. The number of hydrogen-bond donors (Lipinski definition) is 6. The summed E-state index contributed by atoms with van der Waals surface area (Å²) in [5, 5.41) is 2.73. The summed E-state index contributed by atoms with van der Waals surface area (Å²) in [6.07, 6.45) is 0.464. The van der Waals surface area contributed by atoms with E-state index in [9.17, 15) is 18.0 Å². The number of primary amides is 1. The van der Waals surface area contributed by atoms with Crippen LogP contribution in [0.3, 0.4) is 0 Å². The van der Waals surface area contributed by atoms with Gasteiger partial charge in [0.25, 0.3) is 0 Å². The molecular weight excluding hydrogens is 482 g/mol. The largest absolute Gasteiger partial charge is 0.397 e. The van der Waals surface area contributed by atoms with Crippen LogP contribution in [0.25, 0.3) is 0 Å². The number of halogens is 1. The number of carbonyl (C=O) groups excluding carboxylic acids is 2. The van der Waals surface area contributed by atoms with Crippen LogP contribution in [0.1, 0.15) is 18.4 Å². The van der Waals surface area contributed by atoms with Crippen molar-refractivity contribution < 1.29 is 18.0 Å². The Kier molecular flexibility index (Phi) is 9.66. The molecule has 0 fully saturated rings. The van der Waals surface area contributed by atoms with E-state index in [4.69, 9.17) is 34.5 Å². The molecule has 0 heterocycles. The van der Waals surface area contributed by atoms with Gasteiger partial charge in [0.05, 0.1) is 15.6 Å². The first-order valence-electron chi connectivity index (χ1n) is 10.3. The van der Waals surface area contributed by atoms with Gasteiger partial charge in [-0.3, -0.25) is 14.6 Å². The van der Waals surface area contributed by atoms with Crippen LogP contribution in [0.5, 0.6) is 0 Å². The molecule has 0 aliphatic carbocycles. The molecule has 0 radical (unpaired) electrons. The van der Waals surface area contributed by atoms with E-state index >= 15 is 0 Å². The maximum absolute atomic E-state index is 13.0. The molecule has 34 heavy (non-hydrogen) atoms. The fourth-order valence-electron chi connectivity index (χ4n) is 3.04. The highest BCUT2D eigenvalue weighted by Crippen LogP contribution is 2.22. The molecule has 0 aliphatic heterocycles. The maximum atomic E-state index is 13.0. The summed E-state index contributed by atoms with van der Waals surface area (Å²) < 4.78 is 28.2. The van der Waals surface area contributed by atoms with Gasteiger partial charge in [0.1, 0.15) is 12.1 Å². The van der Waals surface area contributed by atoms with Crippen molar-refractivity contribution >= 4 is 45.1 Å². The monoisotopic (exact) mass is 509 g/mol. The third-order valence-corrected chi connectivity index (χ3v) is 6.59. The first-order valence-corrected chi connectivity index (χ1v) is 12.1. The molecule has 13 heteroatoms. The summed E-state index contributed by atoms with van der Waals surface area (Å²) in [5.74, 6) is -1.62. The minimum atomic E-state index is -4.16. The lowest BCUT2D eigenvalue weighted by atomic mass is 10.0. The number of aliphatic imine (C=N–C) groups is 1. The highest BCUT2D eigenvalue weighted by Gasteiger charge is 2.29. The van der Waals surface area contributed by atoms with Gasteiger partial charge in [0.15, 0.2) is 5.96 Å². The minimum absolute atomic E-state index is 0.0434. The Hall–Kier alpha value is -3.35. The molecule has 0 saturated carbocycles. The van der Waals surface area contributed by atoms with E-state index in [1.165, 1.54) is 18.2 Å². The van der Waals surface area contributed by atoms with Crippen LogP contribution in [0.4, 0.5) is 5.69 Å². The van der Waals surface area contributed by atoms with Gasteiger partial charge in [0, 0.05) is 13.0 Å². The number of rotatable bonds is 12. The molecular formula is C21H28ClN7O4S. The second-order valence-corrected chi connectivity index (χ2v) is 9.58. The fraction of sp³-hybridized carbons (Fsp3) is 0.286. The number of carbonyl (C=O) groups is 2. The average Bonchev–Trinajstić information content (AvgIpc) is 2.77. The lowest BCUT2D eigenvalue weighted by Crippen LogP contribution is -2.53. The summed E-state index contributed by atoms with van der Waals surface area (Å²) >= 11 is 5.87. The lowest BCUT2D eigenvalue weighted by Gasteiger charge is -2.22. The predicted molar refractivity (Wildman–Crippen MR) is 131 cm³/mol. The number of nitrogens with one attached hydrogen (secondary N) is 2. The normalized spacial score (nSPS) is 13.0. The Bertz CT molecular complexity index is 1140. The SMILES string of the molecule is NC(=O)[C@H](Cc1ccccc1)NC(=O)C(CCCN=C(N)N)NS(=O)(=O)c1ccc(Cl)c(N)c1. The summed E-state index contributed by atoms with van der Waals surface area (Å²) in [6, 6.07) is 10.4. The molecule has 2 atom stereocenters. The molecule has 1 unspecified atom stereocenters.